The van der Waals surface area contributed by atoms with Crippen LogP contribution in [0, 0.1) is 0 Å². The maximum absolute atomic E-state index is 12.5. The van der Waals surface area contributed by atoms with E-state index in [1.807, 2.05) is 30.3 Å². The normalized spacial score (nSPS) is 10.8. The third kappa shape index (κ3) is 4.76. The quantitative estimate of drug-likeness (QED) is 0.334. The SMILES string of the molecule is CCOC(=O)/C=C/c1c(C(=O)CC(=O)OCC)ccc2ccccc12. The predicted octanol–water partition coefficient (Wildman–Crippen LogP) is 3.55. The molecule has 0 saturated heterocycles. The summed E-state index contributed by atoms with van der Waals surface area (Å²) in [7, 11) is 0. The monoisotopic (exact) mass is 340 g/mol. The van der Waals surface area contributed by atoms with Crippen molar-refractivity contribution in [1.29, 1.82) is 0 Å². The largest absolute Gasteiger partial charge is 0.466 e. The lowest BCUT2D eigenvalue weighted by Crippen LogP contribution is -2.12. The number of rotatable bonds is 7. The molecule has 0 amide bonds. The summed E-state index contributed by atoms with van der Waals surface area (Å²) in [4.78, 5) is 35.8. The number of carbonyl (C=O) groups excluding carboxylic acids is 3. The molecule has 0 bridgehead atoms. The first kappa shape index (κ1) is 18.4. The average molecular weight is 340 g/mol. The molecule has 0 N–H and O–H groups in total. The van der Waals surface area contributed by atoms with Crippen LogP contribution in [0.4, 0.5) is 0 Å². The molecule has 0 fully saturated rings. The molecule has 0 radical (unpaired) electrons. The van der Waals surface area contributed by atoms with Crippen LogP contribution in [0.1, 0.15) is 36.2 Å². The highest BCUT2D eigenvalue weighted by atomic mass is 16.5. The first-order valence-electron chi connectivity index (χ1n) is 8.12. The molecule has 0 heterocycles. The highest BCUT2D eigenvalue weighted by molar-refractivity contribution is 6.11. The fourth-order valence-corrected chi connectivity index (χ4v) is 2.50. The maximum Gasteiger partial charge on any atom is 0.330 e. The van der Waals surface area contributed by atoms with Gasteiger partial charge in [0.1, 0.15) is 6.42 Å². The second-order valence-electron chi connectivity index (χ2n) is 5.24. The van der Waals surface area contributed by atoms with Crippen molar-refractivity contribution in [2.75, 3.05) is 13.2 Å². The number of Topliss-reactive ketones (excluding diaryl/α,β-unsaturated/α-hetero) is 1. The number of fused-ring (bicyclic) bond motifs is 1. The van der Waals surface area contributed by atoms with Gasteiger partial charge in [0.05, 0.1) is 13.2 Å². The summed E-state index contributed by atoms with van der Waals surface area (Å²) in [5, 5.41) is 1.75. The van der Waals surface area contributed by atoms with Crippen LogP contribution in [0.2, 0.25) is 0 Å². The van der Waals surface area contributed by atoms with Crippen molar-refractivity contribution in [1.82, 2.24) is 0 Å². The fourth-order valence-electron chi connectivity index (χ4n) is 2.50. The molecule has 0 saturated carbocycles. The standard InChI is InChI=1S/C20H20O5/c1-3-24-19(22)12-11-16-15-8-6-5-7-14(15)9-10-17(16)18(21)13-20(23)25-4-2/h5-12H,3-4,13H2,1-2H3/b12-11+. The minimum Gasteiger partial charge on any atom is -0.466 e. The van der Waals surface area contributed by atoms with Crippen molar-refractivity contribution in [3.8, 4) is 0 Å². The minimum atomic E-state index is -0.569. The Kier molecular flexibility index (Phi) is 6.46. The highest BCUT2D eigenvalue weighted by Crippen LogP contribution is 2.25. The summed E-state index contributed by atoms with van der Waals surface area (Å²) in [5.74, 6) is -1.41. The second-order valence-corrected chi connectivity index (χ2v) is 5.24. The Balaban J connectivity index is 2.45. The lowest BCUT2D eigenvalue weighted by Gasteiger charge is -2.09. The smallest absolute Gasteiger partial charge is 0.330 e. The molecule has 0 spiro atoms. The van der Waals surface area contributed by atoms with Gasteiger partial charge in [-0.3, -0.25) is 9.59 Å². The highest BCUT2D eigenvalue weighted by Gasteiger charge is 2.17. The zero-order valence-corrected chi connectivity index (χ0v) is 14.3. The van der Waals surface area contributed by atoms with E-state index < -0.39 is 11.9 Å². The Hall–Kier alpha value is -2.95. The zero-order valence-electron chi connectivity index (χ0n) is 14.3. The number of esters is 2. The van der Waals surface area contributed by atoms with Crippen molar-refractivity contribution >= 4 is 34.6 Å². The molecule has 130 valence electrons. The molecule has 0 aliphatic carbocycles. The minimum absolute atomic E-state index is 0.222. The van der Waals surface area contributed by atoms with Crippen LogP contribution in [-0.4, -0.2) is 30.9 Å². The summed E-state index contributed by atoms with van der Waals surface area (Å²) in [6, 6.07) is 11.0. The van der Waals surface area contributed by atoms with Crippen LogP contribution >= 0.6 is 0 Å². The lowest BCUT2D eigenvalue weighted by molar-refractivity contribution is -0.142. The van der Waals surface area contributed by atoms with E-state index in [0.717, 1.165) is 10.8 Å². The van der Waals surface area contributed by atoms with E-state index in [1.165, 1.54) is 6.08 Å². The molecular weight excluding hydrogens is 320 g/mol. The Morgan fingerprint density at radius 2 is 1.68 bits per heavy atom. The van der Waals surface area contributed by atoms with Crippen LogP contribution in [0.15, 0.2) is 42.5 Å². The number of carbonyl (C=O) groups is 3. The van der Waals surface area contributed by atoms with Crippen molar-refractivity contribution in [2.45, 2.75) is 20.3 Å². The van der Waals surface area contributed by atoms with Gasteiger partial charge in [-0.1, -0.05) is 36.4 Å². The molecule has 5 nitrogen and oxygen atoms in total. The van der Waals surface area contributed by atoms with Crippen LogP contribution < -0.4 is 0 Å². The van der Waals surface area contributed by atoms with Gasteiger partial charge >= 0.3 is 11.9 Å². The fraction of sp³-hybridized carbons (Fsp3) is 0.250. The number of ether oxygens (including phenoxy) is 2. The molecule has 2 rings (SSSR count). The lowest BCUT2D eigenvalue weighted by atomic mass is 9.95. The summed E-state index contributed by atoms with van der Waals surface area (Å²) >= 11 is 0. The first-order chi connectivity index (χ1) is 12.1. The van der Waals surface area contributed by atoms with E-state index in [4.69, 9.17) is 9.47 Å². The zero-order chi connectivity index (χ0) is 18.2. The van der Waals surface area contributed by atoms with E-state index in [0.29, 0.717) is 11.1 Å². The number of ketones is 1. The van der Waals surface area contributed by atoms with Gasteiger partial charge < -0.3 is 9.47 Å². The van der Waals surface area contributed by atoms with Crippen LogP contribution in [0.25, 0.3) is 16.8 Å². The average Bonchev–Trinajstić information content (AvgIpc) is 2.59. The van der Waals surface area contributed by atoms with Crippen molar-refractivity contribution < 1.29 is 23.9 Å². The maximum atomic E-state index is 12.5. The first-order valence-corrected chi connectivity index (χ1v) is 8.12. The second kappa shape index (κ2) is 8.78. The molecule has 25 heavy (non-hydrogen) atoms. The van der Waals surface area contributed by atoms with Gasteiger partial charge in [0.25, 0.3) is 0 Å². The van der Waals surface area contributed by atoms with Gasteiger partial charge in [0.2, 0.25) is 0 Å². The van der Waals surface area contributed by atoms with Gasteiger partial charge in [0.15, 0.2) is 5.78 Å². The van der Waals surface area contributed by atoms with Gasteiger partial charge in [-0.15, -0.1) is 0 Å². The van der Waals surface area contributed by atoms with Crippen molar-refractivity contribution in [2.24, 2.45) is 0 Å². The Morgan fingerprint density at radius 1 is 0.960 bits per heavy atom. The molecule has 2 aromatic rings. The third-order valence-electron chi connectivity index (χ3n) is 3.55. The summed E-state index contributed by atoms with van der Waals surface area (Å²) in [6.45, 7) is 3.90. The van der Waals surface area contributed by atoms with E-state index in [9.17, 15) is 14.4 Å². The molecule has 0 unspecified atom stereocenters. The van der Waals surface area contributed by atoms with Gasteiger partial charge in [0, 0.05) is 11.6 Å². The van der Waals surface area contributed by atoms with Gasteiger partial charge in [-0.25, -0.2) is 4.79 Å². The Bertz CT molecular complexity index is 820. The van der Waals surface area contributed by atoms with Crippen LogP contribution in [0.5, 0.6) is 0 Å². The van der Waals surface area contributed by atoms with Gasteiger partial charge in [-0.2, -0.15) is 0 Å². The van der Waals surface area contributed by atoms with E-state index >= 15 is 0 Å². The predicted molar refractivity (Wildman–Crippen MR) is 95.2 cm³/mol. The summed E-state index contributed by atoms with van der Waals surface area (Å²) < 4.78 is 9.73. The van der Waals surface area contributed by atoms with Crippen molar-refractivity contribution in [3.63, 3.8) is 0 Å². The molecule has 5 heteroatoms. The molecule has 0 atom stereocenters. The van der Waals surface area contributed by atoms with Gasteiger partial charge in [-0.05, 0) is 36.3 Å². The van der Waals surface area contributed by atoms with Crippen LogP contribution in [0.3, 0.4) is 0 Å². The Morgan fingerprint density at radius 3 is 2.40 bits per heavy atom. The number of hydrogen-bond donors (Lipinski definition) is 0. The molecule has 2 aromatic carbocycles. The van der Waals surface area contributed by atoms with E-state index in [-0.39, 0.29) is 25.4 Å². The van der Waals surface area contributed by atoms with Crippen molar-refractivity contribution in [3.05, 3.63) is 53.6 Å². The number of hydrogen-bond acceptors (Lipinski definition) is 5. The molecule has 0 aromatic heterocycles. The molecule has 0 aliphatic heterocycles. The van der Waals surface area contributed by atoms with E-state index in [1.54, 1.807) is 26.0 Å². The van der Waals surface area contributed by atoms with E-state index in [2.05, 4.69) is 0 Å². The third-order valence-corrected chi connectivity index (χ3v) is 3.55. The summed E-state index contributed by atoms with van der Waals surface area (Å²) in [6.07, 6.45) is 2.50. The molecular formula is C20H20O5. The summed E-state index contributed by atoms with van der Waals surface area (Å²) in [5.41, 5.74) is 0.952. The Labute approximate surface area is 146 Å². The number of benzene rings is 2. The van der Waals surface area contributed by atoms with Crippen LogP contribution in [-0.2, 0) is 19.1 Å². The topological polar surface area (TPSA) is 69.7 Å². The molecule has 0 aliphatic rings.